The zero-order valence-electron chi connectivity index (χ0n) is 12.5. The van der Waals surface area contributed by atoms with Crippen LogP contribution in [0.1, 0.15) is 38.2 Å². The van der Waals surface area contributed by atoms with Gasteiger partial charge in [-0.25, -0.2) is 0 Å². The lowest BCUT2D eigenvalue weighted by atomic mass is 9.85. The number of anilines is 1. The molecule has 0 bridgehead atoms. The van der Waals surface area contributed by atoms with Gasteiger partial charge in [0.2, 0.25) is 5.91 Å². The normalized spacial score (nSPS) is 22.4. The molecule has 0 heterocycles. The molecule has 0 aliphatic heterocycles. The number of carbonyl (C=O) groups is 1. The molecule has 1 aliphatic rings. The number of hydrogen-bond acceptors (Lipinski definition) is 2. The van der Waals surface area contributed by atoms with Gasteiger partial charge in [-0.15, -0.1) is 0 Å². The van der Waals surface area contributed by atoms with Crippen molar-refractivity contribution in [1.29, 1.82) is 0 Å². The monoisotopic (exact) mass is 314 g/mol. The Bertz CT molecular complexity index is 499. The Labute approximate surface area is 128 Å². The minimum absolute atomic E-state index is 0.0876. The largest absolute Gasteiger partial charge is 0.391 e. The minimum Gasteiger partial charge on any atom is -0.326 e. The average molecular weight is 314 g/mol. The molecule has 1 aromatic rings. The molecule has 2 N–H and O–H groups in total. The quantitative estimate of drug-likeness (QED) is 0.886. The Kier molecular flexibility index (Phi) is 5.45. The zero-order chi connectivity index (χ0) is 16.2. The van der Waals surface area contributed by atoms with Crippen molar-refractivity contribution in [3.63, 3.8) is 0 Å². The van der Waals surface area contributed by atoms with Gasteiger partial charge in [0.25, 0.3) is 0 Å². The summed E-state index contributed by atoms with van der Waals surface area (Å²) >= 11 is 0. The maximum atomic E-state index is 12.8. The van der Waals surface area contributed by atoms with E-state index in [1.807, 2.05) is 12.1 Å². The van der Waals surface area contributed by atoms with Crippen molar-refractivity contribution in [2.45, 2.75) is 51.4 Å². The lowest BCUT2D eigenvalue weighted by molar-refractivity contribution is -0.183. The highest BCUT2D eigenvalue weighted by atomic mass is 19.4. The van der Waals surface area contributed by atoms with Gasteiger partial charge in [0.05, 0.1) is 5.92 Å². The Morgan fingerprint density at radius 3 is 2.50 bits per heavy atom. The van der Waals surface area contributed by atoms with E-state index in [4.69, 9.17) is 0 Å². The summed E-state index contributed by atoms with van der Waals surface area (Å²) in [6, 6.07) is 7.22. The molecule has 1 fully saturated rings. The fraction of sp³-hybridized carbons (Fsp3) is 0.562. The van der Waals surface area contributed by atoms with Crippen LogP contribution in [0.3, 0.4) is 0 Å². The van der Waals surface area contributed by atoms with Crippen LogP contribution in [0.5, 0.6) is 0 Å². The molecule has 1 saturated carbocycles. The summed E-state index contributed by atoms with van der Waals surface area (Å²) in [4.78, 5) is 10.9. The third kappa shape index (κ3) is 5.02. The van der Waals surface area contributed by atoms with E-state index in [1.165, 1.54) is 6.92 Å². The standard InChI is InChI=1S/C16H21F3N2O/c1-11(22)21-14-7-5-12(6-8-14)10-20-15-4-2-3-13(9-15)16(17,18)19/h5-8,13,15,20H,2-4,9-10H2,1H3,(H,21,22)/t13-,15-/m0/s1. The Balaban J connectivity index is 1.83. The van der Waals surface area contributed by atoms with Crippen LogP contribution in [0.25, 0.3) is 0 Å². The molecule has 0 aromatic heterocycles. The fourth-order valence-corrected chi connectivity index (χ4v) is 2.84. The Morgan fingerprint density at radius 2 is 1.91 bits per heavy atom. The van der Waals surface area contributed by atoms with E-state index in [9.17, 15) is 18.0 Å². The molecular formula is C16H21F3N2O. The fourth-order valence-electron chi connectivity index (χ4n) is 2.84. The number of amides is 1. The minimum atomic E-state index is -4.08. The molecule has 122 valence electrons. The topological polar surface area (TPSA) is 41.1 Å². The summed E-state index contributed by atoms with van der Waals surface area (Å²) in [5, 5.41) is 5.89. The van der Waals surface area contributed by atoms with Crippen molar-refractivity contribution >= 4 is 11.6 Å². The van der Waals surface area contributed by atoms with E-state index in [-0.39, 0.29) is 24.8 Å². The number of carbonyl (C=O) groups excluding carboxylic acids is 1. The smallest absolute Gasteiger partial charge is 0.326 e. The molecule has 3 nitrogen and oxygen atoms in total. The van der Waals surface area contributed by atoms with E-state index in [2.05, 4.69) is 10.6 Å². The van der Waals surface area contributed by atoms with Gasteiger partial charge >= 0.3 is 6.18 Å². The van der Waals surface area contributed by atoms with Gasteiger partial charge in [-0.3, -0.25) is 4.79 Å². The summed E-state index contributed by atoms with van der Waals surface area (Å²) in [6.45, 7) is 1.98. The van der Waals surface area contributed by atoms with E-state index >= 15 is 0 Å². The van der Waals surface area contributed by atoms with Crippen molar-refractivity contribution in [2.24, 2.45) is 5.92 Å². The first-order valence-corrected chi connectivity index (χ1v) is 7.51. The highest BCUT2D eigenvalue weighted by Crippen LogP contribution is 2.37. The molecule has 0 saturated heterocycles. The summed E-state index contributed by atoms with van der Waals surface area (Å²) in [5.41, 5.74) is 1.70. The average Bonchev–Trinajstić information content (AvgIpc) is 2.45. The number of benzene rings is 1. The summed E-state index contributed by atoms with van der Waals surface area (Å²) in [7, 11) is 0. The second-order valence-corrected chi connectivity index (χ2v) is 5.86. The third-order valence-electron chi connectivity index (χ3n) is 4.01. The van der Waals surface area contributed by atoms with E-state index < -0.39 is 12.1 Å². The summed E-state index contributed by atoms with van der Waals surface area (Å²) in [6.07, 6.45) is -2.28. The highest BCUT2D eigenvalue weighted by Gasteiger charge is 2.41. The number of alkyl halides is 3. The van der Waals surface area contributed by atoms with Crippen LogP contribution < -0.4 is 10.6 Å². The molecule has 2 rings (SSSR count). The lowest BCUT2D eigenvalue weighted by Gasteiger charge is -2.31. The number of nitrogens with one attached hydrogen (secondary N) is 2. The van der Waals surface area contributed by atoms with Crippen LogP contribution in [-0.2, 0) is 11.3 Å². The van der Waals surface area contributed by atoms with E-state index in [0.29, 0.717) is 18.7 Å². The van der Waals surface area contributed by atoms with Gasteiger partial charge in [-0.05, 0) is 37.0 Å². The van der Waals surface area contributed by atoms with Gasteiger partial charge < -0.3 is 10.6 Å². The second-order valence-electron chi connectivity index (χ2n) is 5.86. The Morgan fingerprint density at radius 1 is 1.23 bits per heavy atom. The van der Waals surface area contributed by atoms with Crippen LogP contribution >= 0.6 is 0 Å². The molecule has 1 aromatic carbocycles. The van der Waals surface area contributed by atoms with Crippen LogP contribution in [0, 0.1) is 5.92 Å². The second kappa shape index (κ2) is 7.13. The maximum absolute atomic E-state index is 12.8. The molecule has 22 heavy (non-hydrogen) atoms. The van der Waals surface area contributed by atoms with Crippen molar-refractivity contribution in [3.8, 4) is 0 Å². The van der Waals surface area contributed by atoms with Crippen molar-refractivity contribution in [1.82, 2.24) is 5.32 Å². The van der Waals surface area contributed by atoms with Crippen LogP contribution in [-0.4, -0.2) is 18.1 Å². The van der Waals surface area contributed by atoms with E-state index in [1.54, 1.807) is 12.1 Å². The van der Waals surface area contributed by atoms with E-state index in [0.717, 1.165) is 12.0 Å². The molecule has 0 unspecified atom stereocenters. The third-order valence-corrected chi connectivity index (χ3v) is 4.01. The molecule has 1 aliphatic carbocycles. The molecular weight excluding hydrogens is 293 g/mol. The number of halogens is 3. The first kappa shape index (κ1) is 16.8. The van der Waals surface area contributed by atoms with Gasteiger partial charge in [0.15, 0.2) is 0 Å². The van der Waals surface area contributed by atoms with Crippen LogP contribution in [0.2, 0.25) is 0 Å². The predicted octanol–water partition coefficient (Wildman–Crippen LogP) is 3.86. The SMILES string of the molecule is CC(=O)Nc1ccc(CN[C@H]2CCC[C@H](C(F)(F)F)C2)cc1. The van der Waals surface area contributed by atoms with Gasteiger partial charge in [0.1, 0.15) is 0 Å². The molecule has 0 radical (unpaired) electrons. The first-order valence-electron chi connectivity index (χ1n) is 7.51. The maximum Gasteiger partial charge on any atom is 0.391 e. The van der Waals surface area contributed by atoms with Crippen molar-refractivity contribution in [3.05, 3.63) is 29.8 Å². The Hall–Kier alpha value is -1.56. The lowest BCUT2D eigenvalue weighted by Crippen LogP contribution is -2.38. The van der Waals surface area contributed by atoms with Gasteiger partial charge in [-0.1, -0.05) is 18.6 Å². The van der Waals surface area contributed by atoms with Crippen molar-refractivity contribution in [2.75, 3.05) is 5.32 Å². The molecule has 6 heteroatoms. The van der Waals surface area contributed by atoms with Gasteiger partial charge in [0, 0.05) is 25.2 Å². The number of rotatable bonds is 4. The number of hydrogen-bond donors (Lipinski definition) is 2. The highest BCUT2D eigenvalue weighted by molar-refractivity contribution is 5.88. The van der Waals surface area contributed by atoms with Crippen LogP contribution in [0.4, 0.5) is 18.9 Å². The zero-order valence-corrected chi connectivity index (χ0v) is 12.5. The molecule has 2 atom stereocenters. The predicted molar refractivity (Wildman–Crippen MR) is 79.4 cm³/mol. The van der Waals surface area contributed by atoms with Gasteiger partial charge in [-0.2, -0.15) is 13.2 Å². The van der Waals surface area contributed by atoms with Crippen molar-refractivity contribution < 1.29 is 18.0 Å². The first-order chi connectivity index (χ1) is 10.3. The summed E-state index contributed by atoms with van der Waals surface area (Å²) in [5.74, 6) is -1.31. The summed E-state index contributed by atoms with van der Waals surface area (Å²) < 4.78 is 38.3. The molecule has 0 spiro atoms. The molecule has 1 amide bonds. The van der Waals surface area contributed by atoms with Crippen LogP contribution in [0.15, 0.2) is 24.3 Å².